The van der Waals surface area contributed by atoms with Gasteiger partial charge in [0.2, 0.25) is 11.8 Å². The Balaban J connectivity index is 1.64. The lowest BCUT2D eigenvalue weighted by Gasteiger charge is -2.48. The first-order valence-electron chi connectivity index (χ1n) is 10.1. The Hall–Kier alpha value is -2.30. The van der Waals surface area contributed by atoms with Gasteiger partial charge in [0.1, 0.15) is 5.75 Å². The number of hydrogen-bond donors (Lipinski definition) is 1. The third-order valence-corrected chi connectivity index (χ3v) is 6.38. The summed E-state index contributed by atoms with van der Waals surface area (Å²) in [4.78, 5) is 28.2. The number of likely N-dealkylation sites (tertiary alicyclic amines) is 1. The third-order valence-electron chi connectivity index (χ3n) is 6.38. The predicted octanol–water partition coefficient (Wildman–Crippen LogP) is 4.25. The van der Waals surface area contributed by atoms with Crippen LogP contribution in [0.1, 0.15) is 57.8 Å². The smallest absolute Gasteiger partial charge is 0.236 e. The topological polar surface area (TPSA) is 58.6 Å². The number of nitrogens with zero attached hydrogens (tertiary/aromatic N) is 1. The molecule has 1 atom stereocenters. The number of fused-ring (bicyclic) bond motifs is 1. The van der Waals surface area contributed by atoms with Crippen molar-refractivity contribution < 1.29 is 14.3 Å². The molecule has 5 nitrogen and oxygen atoms in total. The number of amides is 2. The van der Waals surface area contributed by atoms with E-state index in [1.165, 1.54) is 12.8 Å². The molecule has 4 rings (SSSR count). The zero-order valence-corrected chi connectivity index (χ0v) is 16.0. The van der Waals surface area contributed by atoms with Crippen LogP contribution in [0.3, 0.4) is 0 Å². The Morgan fingerprint density at radius 2 is 2.04 bits per heavy atom. The van der Waals surface area contributed by atoms with E-state index >= 15 is 0 Å². The first-order chi connectivity index (χ1) is 13.1. The number of anilines is 1. The van der Waals surface area contributed by atoms with E-state index in [1.807, 2.05) is 29.2 Å². The van der Waals surface area contributed by atoms with Gasteiger partial charge in [-0.1, -0.05) is 25.0 Å². The second kappa shape index (κ2) is 7.37. The first-order valence-corrected chi connectivity index (χ1v) is 10.1. The summed E-state index contributed by atoms with van der Waals surface area (Å²) in [5.74, 6) is 0.924. The molecule has 1 aromatic rings. The minimum absolute atomic E-state index is 0.0113. The molecule has 1 unspecified atom stereocenters. The number of rotatable bonds is 4. The Morgan fingerprint density at radius 3 is 2.81 bits per heavy atom. The molecule has 2 amide bonds. The number of carbonyl (C=O) groups excluding carboxylic acids is 2. The van der Waals surface area contributed by atoms with Gasteiger partial charge in [-0.3, -0.25) is 9.59 Å². The van der Waals surface area contributed by atoms with Crippen LogP contribution in [0.15, 0.2) is 36.0 Å². The highest BCUT2D eigenvalue weighted by molar-refractivity contribution is 5.99. The van der Waals surface area contributed by atoms with Gasteiger partial charge in [0.25, 0.3) is 0 Å². The van der Waals surface area contributed by atoms with Gasteiger partial charge >= 0.3 is 0 Å². The van der Waals surface area contributed by atoms with Crippen molar-refractivity contribution >= 4 is 17.5 Å². The maximum absolute atomic E-state index is 13.5. The minimum atomic E-state index is -0.585. The predicted molar refractivity (Wildman–Crippen MR) is 104 cm³/mol. The van der Waals surface area contributed by atoms with Crippen molar-refractivity contribution in [3.63, 3.8) is 0 Å². The summed E-state index contributed by atoms with van der Waals surface area (Å²) in [6.45, 7) is 0. The van der Waals surface area contributed by atoms with E-state index in [-0.39, 0.29) is 17.9 Å². The van der Waals surface area contributed by atoms with Crippen molar-refractivity contribution in [2.45, 2.75) is 63.8 Å². The molecular formula is C22H28N2O3. The van der Waals surface area contributed by atoms with Crippen molar-refractivity contribution in [1.29, 1.82) is 0 Å². The van der Waals surface area contributed by atoms with E-state index in [4.69, 9.17) is 4.74 Å². The Bertz CT molecular complexity index is 767. The average molecular weight is 368 g/mol. The van der Waals surface area contributed by atoms with E-state index < -0.39 is 5.41 Å². The van der Waals surface area contributed by atoms with Crippen LogP contribution < -0.4 is 10.1 Å². The molecule has 1 saturated carbocycles. The van der Waals surface area contributed by atoms with E-state index in [9.17, 15) is 9.59 Å². The molecule has 0 radical (unpaired) electrons. The number of ether oxygens (including phenoxy) is 1. The van der Waals surface area contributed by atoms with Crippen LogP contribution in [0.2, 0.25) is 0 Å². The highest BCUT2D eigenvalue weighted by Gasteiger charge is 2.51. The van der Waals surface area contributed by atoms with Gasteiger partial charge in [-0.15, -0.1) is 0 Å². The summed E-state index contributed by atoms with van der Waals surface area (Å²) < 4.78 is 5.27. The number of carbonyl (C=O) groups is 2. The quantitative estimate of drug-likeness (QED) is 0.864. The second-order valence-electron chi connectivity index (χ2n) is 7.95. The molecule has 1 N–H and O–H groups in total. The second-order valence-corrected chi connectivity index (χ2v) is 7.95. The standard InChI is InChI=1S/C22H28N2O3/c1-27-18-10-6-7-16(15-18)23-21(26)22-13-5-4-11-19(22)24(20(25)12-14-22)17-8-2-3-9-17/h6-7,10-11,15,17H,2-5,8-9,12-14H2,1H3,(H,23,26). The van der Waals surface area contributed by atoms with Crippen LogP contribution in [-0.2, 0) is 9.59 Å². The Kier molecular flexibility index (Phi) is 4.94. The summed E-state index contributed by atoms with van der Waals surface area (Å²) in [5, 5.41) is 3.10. The molecule has 0 aromatic heterocycles. The third kappa shape index (κ3) is 3.24. The number of hydrogen-bond acceptors (Lipinski definition) is 3. The lowest BCUT2D eigenvalue weighted by Crippen LogP contribution is -2.53. The SMILES string of the molecule is COc1cccc(NC(=O)C23CCCC=C2N(C2CCCC2)C(=O)CC3)c1. The van der Waals surface area contributed by atoms with Crippen LogP contribution in [0.5, 0.6) is 5.75 Å². The fourth-order valence-corrected chi connectivity index (χ4v) is 4.98. The van der Waals surface area contributed by atoms with Gasteiger partial charge in [-0.05, 0) is 50.7 Å². The number of piperidine rings is 1. The van der Waals surface area contributed by atoms with Gasteiger partial charge in [0, 0.05) is 29.9 Å². The van der Waals surface area contributed by atoms with Crippen LogP contribution in [0.4, 0.5) is 5.69 Å². The molecule has 1 saturated heterocycles. The molecule has 1 aromatic carbocycles. The van der Waals surface area contributed by atoms with Crippen LogP contribution in [-0.4, -0.2) is 29.9 Å². The Morgan fingerprint density at radius 1 is 1.22 bits per heavy atom. The molecule has 2 aliphatic carbocycles. The van der Waals surface area contributed by atoms with Gasteiger partial charge in [0.15, 0.2) is 0 Å². The molecule has 5 heteroatoms. The molecule has 27 heavy (non-hydrogen) atoms. The van der Waals surface area contributed by atoms with Gasteiger partial charge < -0.3 is 15.0 Å². The van der Waals surface area contributed by atoms with Crippen molar-refractivity contribution in [1.82, 2.24) is 4.90 Å². The number of nitrogens with one attached hydrogen (secondary N) is 1. The molecule has 0 spiro atoms. The first kappa shape index (κ1) is 18.1. The molecule has 1 heterocycles. The fraction of sp³-hybridized carbons (Fsp3) is 0.545. The largest absolute Gasteiger partial charge is 0.497 e. The molecule has 3 aliphatic rings. The average Bonchev–Trinajstić information content (AvgIpc) is 3.22. The lowest BCUT2D eigenvalue weighted by molar-refractivity contribution is -0.140. The minimum Gasteiger partial charge on any atom is -0.497 e. The monoisotopic (exact) mass is 368 g/mol. The fourth-order valence-electron chi connectivity index (χ4n) is 4.98. The van der Waals surface area contributed by atoms with Crippen molar-refractivity contribution in [3.8, 4) is 5.75 Å². The summed E-state index contributed by atoms with van der Waals surface area (Å²) in [6, 6.07) is 7.72. The molecule has 2 fully saturated rings. The van der Waals surface area contributed by atoms with Crippen LogP contribution in [0.25, 0.3) is 0 Å². The van der Waals surface area contributed by atoms with Crippen LogP contribution in [0, 0.1) is 5.41 Å². The highest BCUT2D eigenvalue weighted by atomic mass is 16.5. The zero-order chi connectivity index (χ0) is 18.9. The van der Waals surface area contributed by atoms with Gasteiger partial charge in [0.05, 0.1) is 12.5 Å². The highest BCUT2D eigenvalue weighted by Crippen LogP contribution is 2.49. The van der Waals surface area contributed by atoms with Crippen LogP contribution >= 0.6 is 0 Å². The van der Waals surface area contributed by atoms with Crippen molar-refractivity contribution in [2.24, 2.45) is 5.41 Å². The summed E-state index contributed by atoms with van der Waals surface area (Å²) in [5.41, 5.74) is 1.12. The zero-order valence-electron chi connectivity index (χ0n) is 16.0. The number of allylic oxidation sites excluding steroid dienone is 1. The normalized spacial score (nSPS) is 25.7. The summed E-state index contributed by atoms with van der Waals surface area (Å²) in [7, 11) is 1.62. The molecule has 144 valence electrons. The number of benzene rings is 1. The molecule has 0 bridgehead atoms. The molecule has 1 aliphatic heterocycles. The van der Waals surface area contributed by atoms with Gasteiger partial charge in [-0.2, -0.15) is 0 Å². The Labute approximate surface area is 160 Å². The summed E-state index contributed by atoms with van der Waals surface area (Å²) >= 11 is 0. The lowest BCUT2D eigenvalue weighted by atomic mass is 9.68. The maximum Gasteiger partial charge on any atom is 0.236 e. The van der Waals surface area contributed by atoms with E-state index in [0.29, 0.717) is 12.8 Å². The maximum atomic E-state index is 13.5. The number of methoxy groups -OCH3 is 1. The van der Waals surface area contributed by atoms with E-state index in [2.05, 4.69) is 11.4 Å². The van der Waals surface area contributed by atoms with Crippen molar-refractivity contribution in [2.75, 3.05) is 12.4 Å². The van der Waals surface area contributed by atoms with Gasteiger partial charge in [-0.25, -0.2) is 0 Å². The molecular weight excluding hydrogens is 340 g/mol. The van der Waals surface area contributed by atoms with Crippen molar-refractivity contribution in [3.05, 3.63) is 36.0 Å². The summed E-state index contributed by atoms with van der Waals surface area (Å²) in [6.07, 6.45) is 10.4. The van der Waals surface area contributed by atoms with E-state index in [1.54, 1.807) is 7.11 Å². The van der Waals surface area contributed by atoms with E-state index in [0.717, 1.165) is 49.2 Å².